The summed E-state index contributed by atoms with van der Waals surface area (Å²) < 4.78 is 13.8. The van der Waals surface area contributed by atoms with Crippen LogP contribution in [0.5, 0.6) is 0 Å². The first kappa shape index (κ1) is 13.5. The molecular formula is C15H14FN3O2. The lowest BCUT2D eigenvalue weighted by molar-refractivity contribution is 0.0721. The molecule has 0 saturated heterocycles. The number of nitrogens with zero attached hydrogens (tertiary/aromatic N) is 2. The van der Waals surface area contributed by atoms with Gasteiger partial charge in [0.15, 0.2) is 0 Å². The first-order chi connectivity index (χ1) is 10.1. The van der Waals surface area contributed by atoms with Gasteiger partial charge in [0, 0.05) is 24.2 Å². The van der Waals surface area contributed by atoms with Crippen molar-refractivity contribution in [1.29, 1.82) is 0 Å². The molecule has 6 heteroatoms. The zero-order valence-corrected chi connectivity index (χ0v) is 11.3. The minimum Gasteiger partial charge on any atom is -0.330 e. The van der Waals surface area contributed by atoms with Crippen molar-refractivity contribution in [2.75, 3.05) is 0 Å². The molecule has 1 aliphatic rings. The number of hydrogen-bond acceptors (Lipinski definition) is 3. The largest absolute Gasteiger partial charge is 0.330 e. The second kappa shape index (κ2) is 5.47. The number of benzene rings is 1. The molecule has 1 aromatic carbocycles. The molecule has 0 aliphatic heterocycles. The summed E-state index contributed by atoms with van der Waals surface area (Å²) in [6.45, 7) is 0.205. The molecule has 1 aromatic heterocycles. The van der Waals surface area contributed by atoms with Gasteiger partial charge in [-0.05, 0) is 25.0 Å². The monoisotopic (exact) mass is 287 g/mol. The van der Waals surface area contributed by atoms with Crippen molar-refractivity contribution in [3.05, 3.63) is 63.8 Å². The Hall–Kier alpha value is -2.50. The maximum atomic E-state index is 13.8. The van der Waals surface area contributed by atoms with Crippen molar-refractivity contribution in [2.24, 2.45) is 0 Å². The van der Waals surface area contributed by atoms with E-state index in [0.29, 0.717) is 5.56 Å². The predicted octanol–water partition coefficient (Wildman–Crippen LogP) is 1.71. The Bertz CT molecular complexity index is 704. The van der Waals surface area contributed by atoms with Gasteiger partial charge in [-0.15, -0.1) is 0 Å². The maximum absolute atomic E-state index is 13.8. The van der Waals surface area contributed by atoms with E-state index >= 15 is 0 Å². The van der Waals surface area contributed by atoms with E-state index in [1.807, 2.05) is 0 Å². The number of H-pyrrole nitrogens is 1. The molecule has 1 heterocycles. The smallest absolute Gasteiger partial charge is 0.274 e. The summed E-state index contributed by atoms with van der Waals surface area (Å²) >= 11 is 0. The van der Waals surface area contributed by atoms with Crippen molar-refractivity contribution in [1.82, 2.24) is 15.1 Å². The number of hydrogen-bond donors (Lipinski definition) is 1. The molecule has 1 fully saturated rings. The van der Waals surface area contributed by atoms with Crippen molar-refractivity contribution >= 4 is 5.91 Å². The van der Waals surface area contributed by atoms with Crippen LogP contribution >= 0.6 is 0 Å². The second-order valence-electron chi connectivity index (χ2n) is 5.06. The van der Waals surface area contributed by atoms with Crippen LogP contribution in [-0.4, -0.2) is 27.0 Å². The van der Waals surface area contributed by atoms with Crippen molar-refractivity contribution in [2.45, 2.75) is 25.4 Å². The Balaban J connectivity index is 1.85. The second-order valence-corrected chi connectivity index (χ2v) is 5.06. The first-order valence-electron chi connectivity index (χ1n) is 6.75. The van der Waals surface area contributed by atoms with Crippen LogP contribution in [0.2, 0.25) is 0 Å². The van der Waals surface area contributed by atoms with E-state index in [2.05, 4.69) is 10.2 Å². The normalized spacial score (nSPS) is 14.0. The fourth-order valence-electron chi connectivity index (χ4n) is 2.17. The van der Waals surface area contributed by atoms with Crippen LogP contribution in [0, 0.1) is 5.82 Å². The number of carbonyl (C=O) groups excluding carboxylic acids is 1. The number of nitrogens with one attached hydrogen (secondary N) is 1. The number of aromatic nitrogens is 2. The molecule has 1 N–H and O–H groups in total. The molecule has 0 atom stereocenters. The van der Waals surface area contributed by atoms with Gasteiger partial charge in [-0.1, -0.05) is 18.2 Å². The number of aromatic amines is 1. The van der Waals surface area contributed by atoms with Crippen LogP contribution < -0.4 is 5.56 Å². The van der Waals surface area contributed by atoms with Gasteiger partial charge in [0.2, 0.25) is 0 Å². The Morgan fingerprint density at radius 1 is 1.29 bits per heavy atom. The zero-order valence-electron chi connectivity index (χ0n) is 11.3. The number of rotatable bonds is 4. The highest BCUT2D eigenvalue weighted by Gasteiger charge is 2.34. The minimum absolute atomic E-state index is 0.117. The van der Waals surface area contributed by atoms with E-state index in [0.717, 1.165) is 12.8 Å². The van der Waals surface area contributed by atoms with E-state index in [9.17, 15) is 14.0 Å². The Morgan fingerprint density at radius 2 is 2.05 bits per heavy atom. The molecule has 2 aromatic rings. The Morgan fingerprint density at radius 3 is 2.67 bits per heavy atom. The van der Waals surface area contributed by atoms with Gasteiger partial charge in [0.1, 0.15) is 11.5 Å². The van der Waals surface area contributed by atoms with Crippen LogP contribution in [0.3, 0.4) is 0 Å². The van der Waals surface area contributed by atoms with Gasteiger partial charge in [0.05, 0.1) is 0 Å². The molecule has 0 bridgehead atoms. The van der Waals surface area contributed by atoms with Gasteiger partial charge in [-0.2, -0.15) is 5.10 Å². The molecule has 1 saturated carbocycles. The van der Waals surface area contributed by atoms with E-state index < -0.39 is 0 Å². The van der Waals surface area contributed by atoms with Gasteiger partial charge in [-0.25, -0.2) is 9.49 Å². The molecule has 3 rings (SSSR count). The summed E-state index contributed by atoms with van der Waals surface area (Å²) in [6, 6.07) is 9.16. The lowest BCUT2D eigenvalue weighted by atomic mass is 10.2. The van der Waals surface area contributed by atoms with E-state index in [-0.39, 0.29) is 35.6 Å². The average molecular weight is 287 g/mol. The lowest BCUT2D eigenvalue weighted by Crippen LogP contribution is -2.34. The van der Waals surface area contributed by atoms with Gasteiger partial charge in [0.25, 0.3) is 11.5 Å². The molecule has 108 valence electrons. The van der Waals surface area contributed by atoms with Gasteiger partial charge < -0.3 is 4.90 Å². The third kappa shape index (κ3) is 2.99. The first-order valence-corrected chi connectivity index (χ1v) is 6.75. The highest BCUT2D eigenvalue weighted by Crippen LogP contribution is 2.29. The third-order valence-electron chi connectivity index (χ3n) is 3.45. The lowest BCUT2D eigenvalue weighted by Gasteiger charge is -2.22. The Kier molecular flexibility index (Phi) is 3.51. The van der Waals surface area contributed by atoms with Crippen molar-refractivity contribution < 1.29 is 9.18 Å². The highest BCUT2D eigenvalue weighted by molar-refractivity contribution is 5.92. The molecule has 1 amide bonds. The quantitative estimate of drug-likeness (QED) is 0.931. The topological polar surface area (TPSA) is 66.1 Å². The molecule has 0 radical (unpaired) electrons. The minimum atomic E-state index is -0.362. The molecule has 0 spiro atoms. The summed E-state index contributed by atoms with van der Waals surface area (Å²) in [6.07, 6.45) is 1.81. The summed E-state index contributed by atoms with van der Waals surface area (Å²) in [4.78, 5) is 25.1. The van der Waals surface area contributed by atoms with Crippen LogP contribution in [0.25, 0.3) is 0 Å². The zero-order chi connectivity index (χ0) is 14.8. The van der Waals surface area contributed by atoms with Crippen LogP contribution in [-0.2, 0) is 6.54 Å². The standard InChI is InChI=1S/C15H14FN3O2/c16-12-4-2-1-3-10(12)9-19(11-5-6-11)15(21)13-7-8-14(20)18-17-13/h1-4,7-8,11H,5-6,9H2,(H,18,20). The summed E-state index contributed by atoms with van der Waals surface area (Å²) in [5, 5.41) is 5.99. The number of carbonyl (C=O) groups is 1. The molecule has 0 unspecified atom stereocenters. The molecular weight excluding hydrogens is 273 g/mol. The van der Waals surface area contributed by atoms with Crippen LogP contribution in [0.15, 0.2) is 41.2 Å². The van der Waals surface area contributed by atoms with Gasteiger partial charge in [-0.3, -0.25) is 9.59 Å². The van der Waals surface area contributed by atoms with E-state index in [4.69, 9.17) is 0 Å². The SMILES string of the molecule is O=C(c1ccc(=O)[nH]n1)N(Cc1ccccc1F)C1CC1. The summed E-state index contributed by atoms with van der Waals surface area (Å²) in [7, 11) is 0. The number of halogens is 1. The summed E-state index contributed by atoms with van der Waals surface area (Å²) in [5.74, 6) is -0.623. The van der Waals surface area contributed by atoms with E-state index in [1.165, 1.54) is 18.2 Å². The fourth-order valence-corrected chi connectivity index (χ4v) is 2.17. The average Bonchev–Trinajstić information content (AvgIpc) is 3.31. The maximum Gasteiger partial charge on any atom is 0.274 e. The van der Waals surface area contributed by atoms with Crippen LogP contribution in [0.4, 0.5) is 4.39 Å². The highest BCUT2D eigenvalue weighted by atomic mass is 19.1. The fraction of sp³-hybridized carbons (Fsp3) is 0.267. The van der Waals surface area contributed by atoms with Gasteiger partial charge >= 0.3 is 0 Å². The third-order valence-corrected chi connectivity index (χ3v) is 3.45. The van der Waals surface area contributed by atoms with Crippen molar-refractivity contribution in [3.8, 4) is 0 Å². The van der Waals surface area contributed by atoms with Crippen LogP contribution in [0.1, 0.15) is 28.9 Å². The van der Waals surface area contributed by atoms with E-state index in [1.54, 1.807) is 23.1 Å². The number of amides is 1. The molecule has 21 heavy (non-hydrogen) atoms. The molecule has 1 aliphatic carbocycles. The van der Waals surface area contributed by atoms with Crippen molar-refractivity contribution in [3.63, 3.8) is 0 Å². The Labute approximate surface area is 120 Å². The summed E-state index contributed by atoms with van der Waals surface area (Å²) in [5.41, 5.74) is 0.277. The predicted molar refractivity (Wildman–Crippen MR) is 74.2 cm³/mol. The molecule has 5 nitrogen and oxygen atoms in total.